The van der Waals surface area contributed by atoms with E-state index in [0.29, 0.717) is 15.9 Å². The van der Waals surface area contributed by atoms with Crippen LogP contribution in [0.1, 0.15) is 5.76 Å². The molecule has 0 N–H and O–H groups in total. The van der Waals surface area contributed by atoms with Crippen molar-refractivity contribution in [1.82, 2.24) is 4.98 Å². The first-order valence-corrected chi connectivity index (χ1v) is 10.5. The van der Waals surface area contributed by atoms with Gasteiger partial charge in [0.2, 0.25) is 5.91 Å². The zero-order chi connectivity index (χ0) is 19.5. The van der Waals surface area contributed by atoms with Crippen LogP contribution in [0.5, 0.6) is 0 Å². The van der Waals surface area contributed by atoms with E-state index in [4.69, 9.17) is 16.0 Å². The normalized spacial score (nSPS) is 11.1. The molecular formula is C20H14ClFN2O2S2. The second-order valence-corrected chi connectivity index (χ2v) is 8.40. The summed E-state index contributed by atoms with van der Waals surface area (Å²) in [5, 5.41) is 1.21. The number of thiazole rings is 1. The molecule has 2 aromatic carbocycles. The Bertz CT molecular complexity index is 1100. The van der Waals surface area contributed by atoms with E-state index in [1.54, 1.807) is 35.4 Å². The fourth-order valence-corrected chi connectivity index (χ4v) is 4.61. The summed E-state index contributed by atoms with van der Waals surface area (Å²) in [4.78, 5) is 20.0. The number of hydrogen-bond donors (Lipinski definition) is 0. The number of nitrogens with zero attached hydrogens (tertiary/aromatic N) is 2. The predicted octanol–water partition coefficient (Wildman–Crippen LogP) is 6.01. The Morgan fingerprint density at radius 2 is 2.04 bits per heavy atom. The van der Waals surface area contributed by atoms with Crippen LogP contribution < -0.4 is 4.90 Å². The van der Waals surface area contributed by atoms with E-state index >= 15 is 0 Å². The Morgan fingerprint density at radius 1 is 1.21 bits per heavy atom. The molecule has 4 nitrogen and oxygen atoms in total. The van der Waals surface area contributed by atoms with Gasteiger partial charge < -0.3 is 4.42 Å². The molecule has 0 spiro atoms. The van der Waals surface area contributed by atoms with Crippen molar-refractivity contribution >= 4 is 56.0 Å². The lowest BCUT2D eigenvalue weighted by atomic mass is 10.3. The van der Waals surface area contributed by atoms with Crippen LogP contribution in [0.2, 0.25) is 5.02 Å². The first-order valence-electron chi connectivity index (χ1n) is 8.36. The van der Waals surface area contributed by atoms with E-state index in [0.717, 1.165) is 15.1 Å². The number of anilines is 1. The maximum Gasteiger partial charge on any atom is 0.239 e. The number of rotatable bonds is 6. The zero-order valence-electron chi connectivity index (χ0n) is 14.5. The molecule has 0 bridgehead atoms. The maximum atomic E-state index is 13.1. The second-order valence-electron chi connectivity index (χ2n) is 5.91. The molecule has 8 heteroatoms. The lowest BCUT2D eigenvalue weighted by Crippen LogP contribution is -2.31. The van der Waals surface area contributed by atoms with Gasteiger partial charge in [0, 0.05) is 9.92 Å². The van der Waals surface area contributed by atoms with Crippen molar-refractivity contribution in [3.63, 3.8) is 0 Å². The van der Waals surface area contributed by atoms with Gasteiger partial charge in [-0.1, -0.05) is 22.9 Å². The summed E-state index contributed by atoms with van der Waals surface area (Å²) < 4.78 is 19.4. The van der Waals surface area contributed by atoms with Gasteiger partial charge >= 0.3 is 0 Å². The van der Waals surface area contributed by atoms with Crippen LogP contribution in [-0.2, 0) is 11.3 Å². The molecule has 0 saturated carbocycles. The van der Waals surface area contributed by atoms with E-state index in [-0.39, 0.29) is 24.0 Å². The number of fused-ring (bicyclic) bond motifs is 1. The summed E-state index contributed by atoms with van der Waals surface area (Å²) in [5.41, 5.74) is 0.785. The highest BCUT2D eigenvalue weighted by Gasteiger charge is 2.21. The van der Waals surface area contributed by atoms with Crippen LogP contribution in [0, 0.1) is 5.82 Å². The van der Waals surface area contributed by atoms with Crippen molar-refractivity contribution in [2.75, 3.05) is 10.7 Å². The number of thioether (sulfide) groups is 1. The van der Waals surface area contributed by atoms with Gasteiger partial charge in [-0.25, -0.2) is 9.37 Å². The minimum atomic E-state index is -0.303. The minimum absolute atomic E-state index is 0.115. The van der Waals surface area contributed by atoms with Crippen LogP contribution in [0.15, 0.2) is 70.2 Å². The first kappa shape index (κ1) is 19.0. The molecule has 0 unspecified atom stereocenters. The molecule has 0 aliphatic carbocycles. The van der Waals surface area contributed by atoms with Gasteiger partial charge in [-0.15, -0.1) is 11.8 Å². The Balaban J connectivity index is 1.58. The number of halogens is 2. The number of benzene rings is 2. The third-order valence-electron chi connectivity index (χ3n) is 3.94. The summed E-state index contributed by atoms with van der Waals surface area (Å²) in [6.45, 7) is 0.281. The van der Waals surface area contributed by atoms with Crippen LogP contribution in [0.4, 0.5) is 9.52 Å². The molecule has 1 amide bonds. The van der Waals surface area contributed by atoms with Gasteiger partial charge in [-0.3, -0.25) is 9.69 Å². The smallest absolute Gasteiger partial charge is 0.239 e. The van der Waals surface area contributed by atoms with Crippen molar-refractivity contribution in [3.8, 4) is 0 Å². The fraction of sp³-hybridized carbons (Fsp3) is 0.100. The molecular weight excluding hydrogens is 419 g/mol. The number of amides is 1. The van der Waals surface area contributed by atoms with Gasteiger partial charge in [0.25, 0.3) is 0 Å². The summed E-state index contributed by atoms with van der Waals surface area (Å²) in [7, 11) is 0. The van der Waals surface area contributed by atoms with Crippen LogP contribution in [0.25, 0.3) is 10.2 Å². The van der Waals surface area contributed by atoms with Crippen molar-refractivity contribution in [2.24, 2.45) is 0 Å². The second kappa shape index (κ2) is 8.34. The van der Waals surface area contributed by atoms with Gasteiger partial charge in [-0.2, -0.15) is 0 Å². The maximum absolute atomic E-state index is 13.1. The molecule has 142 valence electrons. The molecule has 0 fully saturated rings. The summed E-state index contributed by atoms with van der Waals surface area (Å²) in [6, 6.07) is 15.1. The zero-order valence-corrected chi connectivity index (χ0v) is 16.9. The molecule has 4 aromatic rings. The number of hydrogen-bond acceptors (Lipinski definition) is 5. The highest BCUT2D eigenvalue weighted by Crippen LogP contribution is 2.32. The lowest BCUT2D eigenvalue weighted by molar-refractivity contribution is -0.116. The summed E-state index contributed by atoms with van der Waals surface area (Å²) in [6.07, 6.45) is 1.57. The third kappa shape index (κ3) is 4.38. The average molecular weight is 433 g/mol. The van der Waals surface area contributed by atoms with Crippen LogP contribution >= 0.6 is 34.7 Å². The Kier molecular flexibility index (Phi) is 5.66. The number of aromatic nitrogens is 1. The summed E-state index contributed by atoms with van der Waals surface area (Å²) in [5.74, 6) is 0.444. The molecule has 0 aliphatic heterocycles. The SMILES string of the molecule is O=C(CSc1ccc(F)cc1)N(Cc1ccco1)c1nc2ccc(Cl)cc2s1. The van der Waals surface area contributed by atoms with Crippen molar-refractivity contribution < 1.29 is 13.6 Å². The van der Waals surface area contributed by atoms with Crippen molar-refractivity contribution in [1.29, 1.82) is 0 Å². The molecule has 0 atom stereocenters. The monoisotopic (exact) mass is 432 g/mol. The highest BCUT2D eigenvalue weighted by molar-refractivity contribution is 8.00. The fourth-order valence-electron chi connectivity index (χ4n) is 2.58. The van der Waals surface area contributed by atoms with E-state index in [2.05, 4.69) is 4.98 Å². The molecule has 0 radical (unpaired) electrons. The van der Waals surface area contributed by atoms with E-state index < -0.39 is 0 Å². The first-order chi connectivity index (χ1) is 13.6. The highest BCUT2D eigenvalue weighted by atomic mass is 35.5. The molecule has 4 rings (SSSR count). The van der Waals surface area contributed by atoms with Gasteiger partial charge in [0.05, 0.1) is 28.8 Å². The molecule has 28 heavy (non-hydrogen) atoms. The number of carbonyl (C=O) groups is 1. The Labute approximate surface area is 173 Å². The van der Waals surface area contributed by atoms with Crippen LogP contribution in [0.3, 0.4) is 0 Å². The largest absolute Gasteiger partial charge is 0.467 e. The topological polar surface area (TPSA) is 46.3 Å². The van der Waals surface area contributed by atoms with Crippen molar-refractivity contribution in [3.05, 3.63) is 77.5 Å². The standard InChI is InChI=1S/C20H14ClFN2O2S2/c21-13-3-8-17-18(10-13)28-20(23-17)24(11-15-2-1-9-26-15)19(25)12-27-16-6-4-14(22)5-7-16/h1-10H,11-12H2. The number of furan rings is 1. The molecule has 0 saturated heterocycles. The third-order valence-corrected chi connectivity index (χ3v) is 6.21. The van der Waals surface area contributed by atoms with Crippen molar-refractivity contribution in [2.45, 2.75) is 11.4 Å². The van der Waals surface area contributed by atoms with Gasteiger partial charge in [0.15, 0.2) is 5.13 Å². The quantitative estimate of drug-likeness (QED) is 0.350. The predicted molar refractivity (Wildman–Crippen MR) is 112 cm³/mol. The Hall–Kier alpha value is -2.35. The van der Waals surface area contributed by atoms with Gasteiger partial charge in [-0.05, 0) is 54.6 Å². The van der Waals surface area contributed by atoms with Crippen LogP contribution in [-0.4, -0.2) is 16.6 Å². The summed E-state index contributed by atoms with van der Waals surface area (Å²) >= 11 is 8.82. The Morgan fingerprint density at radius 3 is 2.79 bits per heavy atom. The minimum Gasteiger partial charge on any atom is -0.467 e. The molecule has 0 aliphatic rings. The van der Waals surface area contributed by atoms with E-state index in [9.17, 15) is 9.18 Å². The van der Waals surface area contributed by atoms with E-state index in [1.165, 1.54) is 35.2 Å². The molecule has 2 heterocycles. The molecule has 2 aromatic heterocycles. The van der Waals surface area contributed by atoms with E-state index in [1.807, 2.05) is 18.2 Å². The number of carbonyl (C=O) groups excluding carboxylic acids is 1. The van der Waals surface area contributed by atoms with Gasteiger partial charge in [0.1, 0.15) is 11.6 Å². The lowest BCUT2D eigenvalue weighted by Gasteiger charge is -2.18. The average Bonchev–Trinajstić information content (AvgIpc) is 3.34.